The minimum atomic E-state index is 0.736. The normalized spacial score (nSPS) is 36.9. The first-order valence-electron chi connectivity index (χ1n) is 7.44. The van der Waals surface area contributed by atoms with Gasteiger partial charge in [0, 0.05) is 5.56 Å². The molecule has 0 amide bonds. The number of carbonyl (C=O) groups excluding carboxylic acids is 1. The molecule has 1 nitrogen and oxygen atoms in total. The van der Waals surface area contributed by atoms with Gasteiger partial charge in [0.05, 0.1) is 0 Å². The fourth-order valence-electron chi connectivity index (χ4n) is 4.89. The molecule has 0 N–H and O–H groups in total. The third-order valence-corrected chi connectivity index (χ3v) is 5.68. The average molecular weight is 240 g/mol. The number of carbonyl (C=O) groups is 1. The lowest BCUT2D eigenvalue weighted by Crippen LogP contribution is -2.10. The van der Waals surface area contributed by atoms with Crippen LogP contribution in [0.15, 0.2) is 18.2 Å². The number of rotatable bonds is 1. The molecule has 1 aromatic rings. The highest BCUT2D eigenvalue weighted by molar-refractivity contribution is 5.75. The highest BCUT2D eigenvalue weighted by Gasteiger charge is 2.42. The van der Waals surface area contributed by atoms with Crippen molar-refractivity contribution in [1.82, 2.24) is 0 Å². The summed E-state index contributed by atoms with van der Waals surface area (Å²) in [6.45, 7) is 0. The Morgan fingerprint density at radius 1 is 0.944 bits per heavy atom. The molecule has 3 aliphatic carbocycles. The first kappa shape index (κ1) is 10.8. The van der Waals surface area contributed by atoms with Crippen LogP contribution < -0.4 is 0 Å². The summed E-state index contributed by atoms with van der Waals surface area (Å²) >= 11 is 0. The molecule has 0 saturated heterocycles. The third kappa shape index (κ3) is 1.49. The van der Waals surface area contributed by atoms with E-state index < -0.39 is 0 Å². The van der Waals surface area contributed by atoms with Gasteiger partial charge in [-0.25, -0.2) is 0 Å². The monoisotopic (exact) mass is 240 g/mol. The lowest BCUT2D eigenvalue weighted by molar-refractivity contribution is 0.112. The molecule has 4 atom stereocenters. The molecule has 4 unspecified atom stereocenters. The molecule has 3 aliphatic rings. The van der Waals surface area contributed by atoms with Gasteiger partial charge in [-0.1, -0.05) is 25.0 Å². The van der Waals surface area contributed by atoms with E-state index in [0.717, 1.165) is 35.5 Å². The number of fused-ring (bicyclic) bond motifs is 5. The molecule has 1 heteroatoms. The maximum atomic E-state index is 11.0. The largest absolute Gasteiger partial charge is 0.298 e. The van der Waals surface area contributed by atoms with Gasteiger partial charge in [0.15, 0.2) is 0 Å². The summed E-state index contributed by atoms with van der Waals surface area (Å²) in [7, 11) is 0. The number of hydrogen-bond donors (Lipinski definition) is 0. The zero-order valence-electron chi connectivity index (χ0n) is 10.8. The minimum Gasteiger partial charge on any atom is -0.298 e. The van der Waals surface area contributed by atoms with Crippen LogP contribution in [0.25, 0.3) is 0 Å². The van der Waals surface area contributed by atoms with Crippen LogP contribution in [0, 0.1) is 11.8 Å². The van der Waals surface area contributed by atoms with Crippen molar-refractivity contribution in [1.29, 1.82) is 0 Å². The lowest BCUT2D eigenvalue weighted by atomic mass is 9.82. The van der Waals surface area contributed by atoms with E-state index in [0.29, 0.717) is 0 Å². The van der Waals surface area contributed by atoms with Gasteiger partial charge in [-0.2, -0.15) is 0 Å². The second kappa shape index (κ2) is 3.94. The van der Waals surface area contributed by atoms with Gasteiger partial charge in [-0.05, 0) is 66.5 Å². The van der Waals surface area contributed by atoms with E-state index in [1.165, 1.54) is 44.1 Å². The van der Waals surface area contributed by atoms with Crippen molar-refractivity contribution in [3.63, 3.8) is 0 Å². The molecule has 0 spiro atoms. The van der Waals surface area contributed by atoms with Gasteiger partial charge in [-0.15, -0.1) is 0 Å². The Labute approximate surface area is 109 Å². The van der Waals surface area contributed by atoms with Crippen molar-refractivity contribution in [2.75, 3.05) is 0 Å². The molecule has 0 radical (unpaired) electrons. The van der Waals surface area contributed by atoms with Crippen LogP contribution in [0.5, 0.6) is 0 Å². The molecular formula is C17H20O. The second-order valence-corrected chi connectivity index (χ2v) is 6.56. The Bertz CT molecular complexity index is 490. The van der Waals surface area contributed by atoms with Crippen LogP contribution in [-0.4, -0.2) is 6.29 Å². The number of benzene rings is 1. The average Bonchev–Trinajstić information content (AvgIpc) is 2.64. The molecule has 0 aromatic heterocycles. The Morgan fingerprint density at radius 2 is 1.78 bits per heavy atom. The Balaban J connectivity index is 1.87. The summed E-state index contributed by atoms with van der Waals surface area (Å²) in [6, 6.07) is 6.47. The van der Waals surface area contributed by atoms with E-state index in [-0.39, 0.29) is 0 Å². The zero-order chi connectivity index (χ0) is 12.1. The zero-order valence-corrected chi connectivity index (χ0v) is 10.8. The predicted octanol–water partition coefficient (Wildman–Crippen LogP) is 4.28. The third-order valence-electron chi connectivity index (χ3n) is 5.68. The maximum absolute atomic E-state index is 11.0. The quantitative estimate of drug-likeness (QED) is 0.670. The van der Waals surface area contributed by atoms with Gasteiger partial charge >= 0.3 is 0 Å². The molecule has 94 valence electrons. The van der Waals surface area contributed by atoms with Gasteiger partial charge in [0.2, 0.25) is 0 Å². The maximum Gasteiger partial charge on any atom is 0.150 e. The van der Waals surface area contributed by atoms with Crippen LogP contribution in [0.4, 0.5) is 0 Å². The second-order valence-electron chi connectivity index (χ2n) is 6.56. The molecular weight excluding hydrogens is 220 g/mol. The van der Waals surface area contributed by atoms with Gasteiger partial charge < -0.3 is 0 Å². The van der Waals surface area contributed by atoms with Gasteiger partial charge in [0.25, 0.3) is 0 Å². The predicted molar refractivity (Wildman–Crippen MR) is 72.0 cm³/mol. The van der Waals surface area contributed by atoms with Crippen LogP contribution in [-0.2, 0) is 0 Å². The molecule has 18 heavy (non-hydrogen) atoms. The Hall–Kier alpha value is -1.11. The topological polar surface area (TPSA) is 17.1 Å². The standard InChI is InChI=1S/C17H20O/c18-10-11-4-5-16-15-7-12-2-1-3-13(17(16)6-11)8-14(12)9-15/h4-6,10,12-15H,1-3,7-9H2. The van der Waals surface area contributed by atoms with Crippen LogP contribution in [0.3, 0.4) is 0 Å². The van der Waals surface area contributed by atoms with E-state index in [1.807, 2.05) is 6.07 Å². The van der Waals surface area contributed by atoms with Crippen molar-refractivity contribution in [3.8, 4) is 0 Å². The van der Waals surface area contributed by atoms with Gasteiger partial charge in [-0.3, -0.25) is 4.79 Å². The van der Waals surface area contributed by atoms with Crippen LogP contribution in [0.1, 0.15) is 71.8 Å². The molecule has 3 bridgehead atoms. The van der Waals surface area contributed by atoms with Crippen molar-refractivity contribution in [3.05, 3.63) is 34.9 Å². The summed E-state index contributed by atoms with van der Waals surface area (Å²) in [5.74, 6) is 3.49. The molecule has 2 fully saturated rings. The first-order chi connectivity index (χ1) is 8.85. The minimum absolute atomic E-state index is 0.736. The van der Waals surface area contributed by atoms with Crippen molar-refractivity contribution >= 4 is 6.29 Å². The summed E-state index contributed by atoms with van der Waals surface area (Å²) < 4.78 is 0. The molecule has 0 aliphatic heterocycles. The summed E-state index contributed by atoms with van der Waals surface area (Å²) in [6.07, 6.45) is 9.39. The van der Waals surface area contributed by atoms with Gasteiger partial charge in [0.1, 0.15) is 6.29 Å². The fourth-order valence-corrected chi connectivity index (χ4v) is 4.89. The van der Waals surface area contributed by atoms with Crippen LogP contribution in [0.2, 0.25) is 0 Å². The summed E-state index contributed by atoms with van der Waals surface area (Å²) in [4.78, 5) is 11.0. The van der Waals surface area contributed by atoms with Crippen molar-refractivity contribution in [2.45, 2.75) is 50.4 Å². The summed E-state index contributed by atoms with van der Waals surface area (Å²) in [5, 5.41) is 0. The molecule has 1 aromatic carbocycles. The van der Waals surface area contributed by atoms with E-state index in [2.05, 4.69) is 12.1 Å². The molecule has 4 rings (SSSR count). The number of hydrogen-bond acceptors (Lipinski definition) is 1. The molecule has 2 saturated carbocycles. The highest BCUT2D eigenvalue weighted by atomic mass is 16.1. The van der Waals surface area contributed by atoms with E-state index in [4.69, 9.17) is 0 Å². The van der Waals surface area contributed by atoms with Crippen molar-refractivity contribution < 1.29 is 4.79 Å². The Morgan fingerprint density at radius 3 is 2.67 bits per heavy atom. The highest BCUT2D eigenvalue weighted by Crippen LogP contribution is 2.55. The Kier molecular flexibility index (Phi) is 2.36. The molecule has 0 heterocycles. The first-order valence-corrected chi connectivity index (χ1v) is 7.44. The van der Waals surface area contributed by atoms with E-state index in [1.54, 1.807) is 5.56 Å². The lowest BCUT2D eigenvalue weighted by Gasteiger charge is -2.23. The van der Waals surface area contributed by atoms with Crippen LogP contribution >= 0.6 is 0 Å². The SMILES string of the molecule is O=Cc1ccc2c(c1)C1CCCC3CC2CC3C1. The number of aldehydes is 1. The van der Waals surface area contributed by atoms with Crippen molar-refractivity contribution in [2.24, 2.45) is 11.8 Å². The smallest absolute Gasteiger partial charge is 0.150 e. The summed E-state index contributed by atoms with van der Waals surface area (Å²) in [5.41, 5.74) is 3.97. The fraction of sp³-hybridized carbons (Fsp3) is 0.588. The van der Waals surface area contributed by atoms with E-state index in [9.17, 15) is 4.79 Å². The van der Waals surface area contributed by atoms with E-state index >= 15 is 0 Å².